The lowest BCUT2D eigenvalue weighted by Crippen LogP contribution is -2.39. The lowest BCUT2D eigenvalue weighted by Gasteiger charge is -2.32. The number of carbonyl (C=O) groups excluding carboxylic acids is 1. The number of aromatic nitrogens is 3. The van der Waals surface area contributed by atoms with Crippen molar-refractivity contribution in [2.45, 2.75) is 32.2 Å². The standard InChI is InChI=1S/C18H25N5O2/c1-19-10-6-14-7-11-22(12-8-14)17(24)9-13-23-18(25)15-4-2-3-5-16(15)20-21-23/h2-5,14,19H,6-13H2,1H3. The van der Waals surface area contributed by atoms with Gasteiger partial charge in [-0.1, -0.05) is 17.3 Å². The molecule has 0 radical (unpaired) electrons. The van der Waals surface area contributed by atoms with Crippen molar-refractivity contribution in [1.29, 1.82) is 0 Å². The number of nitrogens with one attached hydrogen (secondary N) is 1. The number of piperidine rings is 1. The molecule has 1 fully saturated rings. The van der Waals surface area contributed by atoms with Crippen LogP contribution >= 0.6 is 0 Å². The van der Waals surface area contributed by atoms with E-state index in [1.54, 1.807) is 18.2 Å². The van der Waals surface area contributed by atoms with E-state index in [0.717, 1.165) is 32.5 Å². The van der Waals surface area contributed by atoms with Crippen LogP contribution in [-0.4, -0.2) is 52.5 Å². The van der Waals surface area contributed by atoms with Gasteiger partial charge in [0.05, 0.1) is 11.9 Å². The van der Waals surface area contributed by atoms with Crippen LogP contribution in [0.1, 0.15) is 25.7 Å². The fourth-order valence-corrected chi connectivity index (χ4v) is 3.35. The van der Waals surface area contributed by atoms with Gasteiger partial charge in [0.15, 0.2) is 0 Å². The van der Waals surface area contributed by atoms with E-state index in [4.69, 9.17) is 0 Å². The molecule has 7 nitrogen and oxygen atoms in total. The van der Waals surface area contributed by atoms with E-state index in [0.29, 0.717) is 16.8 Å². The van der Waals surface area contributed by atoms with Crippen LogP contribution in [-0.2, 0) is 11.3 Å². The van der Waals surface area contributed by atoms with Crippen molar-refractivity contribution in [2.75, 3.05) is 26.7 Å². The predicted molar refractivity (Wildman–Crippen MR) is 96.3 cm³/mol. The maximum atomic E-state index is 12.4. The van der Waals surface area contributed by atoms with Crippen molar-refractivity contribution in [3.63, 3.8) is 0 Å². The SMILES string of the molecule is CNCCC1CCN(C(=O)CCn2nnc3ccccc3c2=O)CC1. The molecular weight excluding hydrogens is 318 g/mol. The summed E-state index contributed by atoms with van der Waals surface area (Å²) >= 11 is 0. The Morgan fingerprint density at radius 1 is 1.28 bits per heavy atom. The van der Waals surface area contributed by atoms with Crippen molar-refractivity contribution in [1.82, 2.24) is 25.2 Å². The van der Waals surface area contributed by atoms with E-state index < -0.39 is 0 Å². The summed E-state index contributed by atoms with van der Waals surface area (Å²) in [5.74, 6) is 0.791. The van der Waals surface area contributed by atoms with Crippen LogP contribution in [0.15, 0.2) is 29.1 Å². The van der Waals surface area contributed by atoms with Gasteiger partial charge < -0.3 is 10.2 Å². The third-order valence-electron chi connectivity index (χ3n) is 4.94. The molecule has 3 rings (SSSR count). The minimum Gasteiger partial charge on any atom is -0.343 e. The minimum absolute atomic E-state index is 0.0916. The molecule has 1 amide bonds. The molecule has 0 unspecified atom stereocenters. The molecule has 0 spiro atoms. The number of benzene rings is 1. The molecule has 134 valence electrons. The zero-order valence-electron chi connectivity index (χ0n) is 14.6. The van der Waals surface area contributed by atoms with Gasteiger partial charge in [0.2, 0.25) is 5.91 Å². The Labute approximate surface area is 147 Å². The lowest BCUT2D eigenvalue weighted by atomic mass is 9.93. The van der Waals surface area contributed by atoms with Gasteiger partial charge in [-0.25, -0.2) is 4.68 Å². The van der Waals surface area contributed by atoms with Gasteiger partial charge in [0.1, 0.15) is 5.52 Å². The van der Waals surface area contributed by atoms with Crippen LogP contribution in [0.4, 0.5) is 0 Å². The van der Waals surface area contributed by atoms with Crippen LogP contribution in [0, 0.1) is 5.92 Å². The van der Waals surface area contributed by atoms with E-state index in [9.17, 15) is 9.59 Å². The Morgan fingerprint density at radius 3 is 2.80 bits per heavy atom. The number of nitrogens with zero attached hydrogens (tertiary/aromatic N) is 4. The molecule has 7 heteroatoms. The average Bonchev–Trinajstić information content (AvgIpc) is 2.66. The first-order chi connectivity index (χ1) is 12.2. The molecule has 0 aliphatic carbocycles. The van der Waals surface area contributed by atoms with E-state index in [1.807, 2.05) is 18.0 Å². The van der Waals surface area contributed by atoms with Crippen molar-refractivity contribution >= 4 is 16.8 Å². The molecule has 1 N–H and O–H groups in total. The third kappa shape index (κ3) is 4.22. The van der Waals surface area contributed by atoms with Crippen LogP contribution in [0.5, 0.6) is 0 Å². The third-order valence-corrected chi connectivity index (χ3v) is 4.94. The van der Waals surface area contributed by atoms with Gasteiger partial charge >= 0.3 is 0 Å². The number of rotatable bonds is 6. The molecule has 0 atom stereocenters. The largest absolute Gasteiger partial charge is 0.343 e. The Balaban J connectivity index is 1.55. The van der Waals surface area contributed by atoms with Gasteiger partial charge in [0, 0.05) is 19.5 Å². The van der Waals surface area contributed by atoms with Gasteiger partial charge in [-0.3, -0.25) is 9.59 Å². The molecule has 1 saturated heterocycles. The van der Waals surface area contributed by atoms with Crippen molar-refractivity contribution in [2.24, 2.45) is 5.92 Å². The molecule has 1 aliphatic heterocycles. The molecule has 2 aromatic rings. The Bertz CT molecular complexity index is 780. The first-order valence-electron chi connectivity index (χ1n) is 8.94. The molecule has 25 heavy (non-hydrogen) atoms. The summed E-state index contributed by atoms with van der Waals surface area (Å²) in [4.78, 5) is 26.7. The highest BCUT2D eigenvalue weighted by Gasteiger charge is 2.22. The van der Waals surface area contributed by atoms with Gasteiger partial charge in [-0.05, 0) is 50.9 Å². The smallest absolute Gasteiger partial charge is 0.277 e. The summed E-state index contributed by atoms with van der Waals surface area (Å²) in [7, 11) is 1.97. The zero-order chi connectivity index (χ0) is 17.6. The Kier molecular flexibility index (Phi) is 5.75. The average molecular weight is 343 g/mol. The van der Waals surface area contributed by atoms with Crippen LogP contribution in [0.25, 0.3) is 10.9 Å². The highest BCUT2D eigenvalue weighted by molar-refractivity contribution is 5.77. The van der Waals surface area contributed by atoms with Crippen molar-refractivity contribution in [3.8, 4) is 0 Å². The molecule has 1 aromatic carbocycles. The topological polar surface area (TPSA) is 80.1 Å². The quantitative estimate of drug-likeness (QED) is 0.847. The van der Waals surface area contributed by atoms with Crippen LogP contribution < -0.4 is 10.9 Å². The van der Waals surface area contributed by atoms with E-state index in [1.165, 1.54) is 11.1 Å². The summed E-state index contributed by atoms with van der Waals surface area (Å²) in [6, 6.07) is 7.13. The minimum atomic E-state index is -0.191. The molecule has 1 aliphatic rings. The fourth-order valence-electron chi connectivity index (χ4n) is 3.35. The number of hydrogen-bond acceptors (Lipinski definition) is 5. The van der Waals surface area contributed by atoms with E-state index in [-0.39, 0.29) is 24.4 Å². The molecular formula is C18H25N5O2. The maximum Gasteiger partial charge on any atom is 0.277 e. The summed E-state index contributed by atoms with van der Waals surface area (Å²) in [6.45, 7) is 2.92. The summed E-state index contributed by atoms with van der Waals surface area (Å²) in [6.07, 6.45) is 3.57. The molecule has 0 saturated carbocycles. The first-order valence-corrected chi connectivity index (χ1v) is 8.94. The number of carbonyl (C=O) groups is 1. The van der Waals surface area contributed by atoms with Gasteiger partial charge in [-0.2, -0.15) is 0 Å². The van der Waals surface area contributed by atoms with Crippen LogP contribution in [0.2, 0.25) is 0 Å². The number of aryl methyl sites for hydroxylation is 1. The summed E-state index contributed by atoms with van der Waals surface area (Å²) in [5.41, 5.74) is 0.392. The molecule has 2 heterocycles. The number of fused-ring (bicyclic) bond motifs is 1. The zero-order valence-corrected chi connectivity index (χ0v) is 14.6. The van der Waals surface area contributed by atoms with E-state index in [2.05, 4.69) is 15.6 Å². The number of amides is 1. The fraction of sp³-hybridized carbons (Fsp3) is 0.556. The molecule has 1 aromatic heterocycles. The van der Waals surface area contributed by atoms with E-state index >= 15 is 0 Å². The Hall–Kier alpha value is -2.28. The number of likely N-dealkylation sites (tertiary alicyclic amines) is 1. The lowest BCUT2D eigenvalue weighted by molar-refractivity contribution is -0.132. The van der Waals surface area contributed by atoms with Crippen molar-refractivity contribution < 1.29 is 4.79 Å². The second-order valence-corrected chi connectivity index (χ2v) is 6.60. The summed E-state index contributed by atoms with van der Waals surface area (Å²) < 4.78 is 1.29. The highest BCUT2D eigenvalue weighted by atomic mass is 16.2. The van der Waals surface area contributed by atoms with Gasteiger partial charge in [-0.15, -0.1) is 5.10 Å². The number of hydrogen-bond donors (Lipinski definition) is 1. The normalized spacial score (nSPS) is 15.6. The second kappa shape index (κ2) is 8.20. The van der Waals surface area contributed by atoms with Crippen LogP contribution in [0.3, 0.4) is 0 Å². The summed E-state index contributed by atoms with van der Waals surface area (Å²) in [5, 5.41) is 11.7. The highest BCUT2D eigenvalue weighted by Crippen LogP contribution is 2.20. The van der Waals surface area contributed by atoms with Crippen molar-refractivity contribution in [3.05, 3.63) is 34.6 Å². The second-order valence-electron chi connectivity index (χ2n) is 6.60. The van der Waals surface area contributed by atoms with Gasteiger partial charge in [0.25, 0.3) is 5.56 Å². The monoisotopic (exact) mass is 343 g/mol. The predicted octanol–water partition coefficient (Wildman–Crippen LogP) is 1.03. The maximum absolute atomic E-state index is 12.4. The Morgan fingerprint density at radius 2 is 2.04 bits per heavy atom. The first kappa shape index (κ1) is 17.5. The molecule has 0 bridgehead atoms.